The molecule has 3 aromatic rings. The van der Waals surface area contributed by atoms with Gasteiger partial charge in [-0.2, -0.15) is 0 Å². The summed E-state index contributed by atoms with van der Waals surface area (Å²) in [6.07, 6.45) is 0.653. The lowest BCUT2D eigenvalue weighted by atomic mass is 9.99. The zero-order valence-corrected chi connectivity index (χ0v) is 20.9. The van der Waals surface area contributed by atoms with Gasteiger partial charge in [-0.15, -0.1) is 11.3 Å². The van der Waals surface area contributed by atoms with Crippen LogP contribution >= 0.6 is 11.3 Å². The molecule has 7 nitrogen and oxygen atoms in total. The van der Waals surface area contributed by atoms with Crippen LogP contribution in [0.25, 0.3) is 22.0 Å². The minimum absolute atomic E-state index is 0.164. The van der Waals surface area contributed by atoms with E-state index >= 15 is 0 Å². The van der Waals surface area contributed by atoms with Crippen molar-refractivity contribution >= 4 is 33.9 Å². The fourth-order valence-electron chi connectivity index (χ4n) is 4.50. The Morgan fingerprint density at radius 2 is 1.91 bits per heavy atom. The summed E-state index contributed by atoms with van der Waals surface area (Å²) in [5.74, 6) is -0.591. The molecular formula is C26H32N4O3S. The Labute approximate surface area is 204 Å². The molecule has 2 heterocycles. The number of aryl methyl sites for hydroxylation is 1. The number of rotatable bonds is 7. The number of aliphatic hydroxyl groups is 1. The Bertz CT molecular complexity index is 1190. The minimum Gasteiger partial charge on any atom is -0.391 e. The summed E-state index contributed by atoms with van der Waals surface area (Å²) in [6.45, 7) is 5.92. The Kier molecular flexibility index (Phi) is 7.30. The molecule has 1 aliphatic rings. The predicted octanol–water partition coefficient (Wildman–Crippen LogP) is 3.41. The smallest absolute Gasteiger partial charge is 0.248 e. The number of fused-ring (bicyclic) bond motifs is 1. The number of aromatic nitrogens is 1. The molecule has 0 saturated carbocycles. The van der Waals surface area contributed by atoms with E-state index in [1.54, 1.807) is 30.2 Å². The van der Waals surface area contributed by atoms with Crippen molar-refractivity contribution in [1.82, 2.24) is 20.5 Å². The van der Waals surface area contributed by atoms with Crippen molar-refractivity contribution in [2.24, 2.45) is 0 Å². The van der Waals surface area contributed by atoms with Gasteiger partial charge in [0.15, 0.2) is 0 Å². The number of amides is 2. The summed E-state index contributed by atoms with van der Waals surface area (Å²) in [6, 6.07) is 10.9. The maximum atomic E-state index is 13.4. The molecule has 2 amide bonds. The van der Waals surface area contributed by atoms with Crippen molar-refractivity contribution in [1.29, 1.82) is 0 Å². The van der Waals surface area contributed by atoms with Gasteiger partial charge in [-0.25, -0.2) is 4.98 Å². The number of nitrogens with one attached hydrogen (secondary N) is 2. The molecule has 0 spiro atoms. The Hall–Kier alpha value is -2.81. The number of likely N-dealkylation sites (N-methyl/N-ethyl adjacent to an activating group) is 1. The van der Waals surface area contributed by atoms with Gasteiger partial charge in [-0.05, 0) is 57.0 Å². The van der Waals surface area contributed by atoms with Crippen LogP contribution in [0, 0.1) is 6.92 Å². The number of hydrogen-bond acceptors (Lipinski definition) is 6. The van der Waals surface area contributed by atoms with E-state index in [0.29, 0.717) is 6.54 Å². The SMILES string of the molecule is CN[C@@H](C)C(=O)N[C@H](C(=O)N1CCC[C@H]1c1nc(-c2ccc(C)c3ccccc23)cs1)[C@@H](C)O. The number of carbonyl (C=O) groups excluding carboxylic acids is 2. The molecule has 1 saturated heterocycles. The lowest BCUT2D eigenvalue weighted by molar-refractivity contribution is -0.140. The highest BCUT2D eigenvalue weighted by molar-refractivity contribution is 7.10. The average molecular weight is 481 g/mol. The van der Waals surface area contributed by atoms with Crippen molar-refractivity contribution in [3.63, 3.8) is 0 Å². The second-order valence-corrected chi connectivity index (χ2v) is 9.86. The molecular weight excluding hydrogens is 448 g/mol. The quantitative estimate of drug-likeness (QED) is 0.482. The van der Waals surface area contributed by atoms with Crippen molar-refractivity contribution < 1.29 is 14.7 Å². The Morgan fingerprint density at radius 3 is 2.62 bits per heavy atom. The van der Waals surface area contributed by atoms with Gasteiger partial charge in [-0.1, -0.05) is 36.4 Å². The average Bonchev–Trinajstić information content (AvgIpc) is 3.51. The van der Waals surface area contributed by atoms with Crippen molar-refractivity contribution in [2.45, 2.75) is 57.8 Å². The highest BCUT2D eigenvalue weighted by atomic mass is 32.1. The van der Waals surface area contributed by atoms with E-state index < -0.39 is 18.2 Å². The highest BCUT2D eigenvalue weighted by Gasteiger charge is 2.38. The summed E-state index contributed by atoms with van der Waals surface area (Å²) < 4.78 is 0. The number of aliphatic hydroxyl groups excluding tert-OH is 1. The highest BCUT2D eigenvalue weighted by Crippen LogP contribution is 2.38. The minimum atomic E-state index is -1.01. The molecule has 0 unspecified atom stereocenters. The molecule has 3 N–H and O–H groups in total. The van der Waals surface area contributed by atoms with Crippen molar-refractivity contribution in [2.75, 3.05) is 13.6 Å². The van der Waals surface area contributed by atoms with E-state index in [1.165, 1.54) is 17.9 Å². The molecule has 0 bridgehead atoms. The summed E-state index contributed by atoms with van der Waals surface area (Å²) in [4.78, 5) is 32.5. The van der Waals surface area contributed by atoms with Crippen LogP contribution in [0.5, 0.6) is 0 Å². The molecule has 1 aromatic heterocycles. The van der Waals surface area contributed by atoms with Crippen LogP contribution in [0.15, 0.2) is 41.8 Å². The lowest BCUT2D eigenvalue weighted by Crippen LogP contribution is -2.56. The van der Waals surface area contributed by atoms with E-state index in [9.17, 15) is 14.7 Å². The van der Waals surface area contributed by atoms with E-state index in [1.807, 2.05) is 12.1 Å². The summed E-state index contributed by atoms with van der Waals surface area (Å²) in [5, 5.41) is 21.2. The lowest BCUT2D eigenvalue weighted by Gasteiger charge is -2.30. The van der Waals surface area contributed by atoms with Crippen LogP contribution in [0.1, 0.15) is 43.3 Å². The zero-order chi connectivity index (χ0) is 24.4. The summed E-state index contributed by atoms with van der Waals surface area (Å²) >= 11 is 1.55. The van der Waals surface area contributed by atoms with Crippen molar-refractivity contribution in [3.8, 4) is 11.3 Å². The molecule has 4 rings (SSSR count). The maximum Gasteiger partial charge on any atom is 0.248 e. The molecule has 1 fully saturated rings. The number of likely N-dealkylation sites (tertiary alicyclic amines) is 1. The number of benzene rings is 2. The second-order valence-electron chi connectivity index (χ2n) is 8.97. The van der Waals surface area contributed by atoms with Gasteiger partial charge in [0, 0.05) is 17.5 Å². The van der Waals surface area contributed by atoms with Gasteiger partial charge in [0.2, 0.25) is 11.8 Å². The first-order valence-corrected chi connectivity index (χ1v) is 12.6. The fourth-order valence-corrected chi connectivity index (χ4v) is 5.47. The van der Waals surface area contributed by atoms with Crippen LogP contribution in [-0.2, 0) is 9.59 Å². The third-order valence-electron chi connectivity index (χ3n) is 6.63. The van der Waals surface area contributed by atoms with Crippen LogP contribution in [0.3, 0.4) is 0 Å². The van der Waals surface area contributed by atoms with Gasteiger partial charge in [0.25, 0.3) is 0 Å². The Morgan fingerprint density at radius 1 is 1.18 bits per heavy atom. The molecule has 0 radical (unpaired) electrons. The molecule has 8 heteroatoms. The van der Waals surface area contributed by atoms with Crippen LogP contribution in [0.2, 0.25) is 0 Å². The van der Waals surface area contributed by atoms with E-state index in [2.05, 4.69) is 47.2 Å². The fraction of sp³-hybridized carbons (Fsp3) is 0.423. The standard InChI is InChI=1S/C26H32N4O3S/c1-15-11-12-20(19-9-6-5-8-18(15)19)21-14-34-25(28-21)22-10-7-13-30(22)26(33)23(17(3)31)29-24(32)16(2)27-4/h5-6,8-9,11-12,14,16-17,22-23,27,31H,7,10,13H2,1-4H3,(H,29,32)/t16-,17+,22-,23-/m0/s1. The van der Waals surface area contributed by atoms with Gasteiger partial charge in [0.1, 0.15) is 11.0 Å². The molecule has 0 aliphatic carbocycles. The second kappa shape index (κ2) is 10.2. The normalized spacial score (nSPS) is 18.6. The van der Waals surface area contributed by atoms with E-state index in [4.69, 9.17) is 4.98 Å². The molecule has 2 aromatic carbocycles. The number of nitrogens with zero attached hydrogens (tertiary/aromatic N) is 2. The van der Waals surface area contributed by atoms with Gasteiger partial charge >= 0.3 is 0 Å². The Balaban J connectivity index is 1.59. The van der Waals surface area contributed by atoms with Crippen LogP contribution < -0.4 is 10.6 Å². The topological polar surface area (TPSA) is 94.6 Å². The number of thiazole rings is 1. The van der Waals surface area contributed by atoms with Gasteiger partial charge in [-0.3, -0.25) is 9.59 Å². The monoisotopic (exact) mass is 480 g/mol. The molecule has 4 atom stereocenters. The van der Waals surface area contributed by atoms with Crippen LogP contribution in [-0.4, -0.2) is 58.6 Å². The van der Waals surface area contributed by atoms with Gasteiger partial charge < -0.3 is 20.6 Å². The van der Waals surface area contributed by atoms with Crippen LogP contribution in [0.4, 0.5) is 0 Å². The molecule has 1 aliphatic heterocycles. The first-order valence-electron chi connectivity index (χ1n) is 11.7. The first kappa shape index (κ1) is 24.3. The molecule has 180 valence electrons. The summed E-state index contributed by atoms with van der Waals surface area (Å²) in [5.41, 5.74) is 3.20. The predicted molar refractivity (Wildman–Crippen MR) is 136 cm³/mol. The van der Waals surface area contributed by atoms with Crippen molar-refractivity contribution in [3.05, 3.63) is 52.3 Å². The maximum absolute atomic E-state index is 13.4. The zero-order valence-electron chi connectivity index (χ0n) is 20.0. The summed E-state index contributed by atoms with van der Waals surface area (Å²) in [7, 11) is 1.68. The van der Waals surface area contributed by atoms with E-state index in [0.717, 1.165) is 34.5 Å². The third-order valence-corrected chi connectivity index (χ3v) is 7.58. The third kappa shape index (κ3) is 4.71. The van der Waals surface area contributed by atoms with Gasteiger partial charge in [0.05, 0.1) is 23.9 Å². The number of carbonyl (C=O) groups is 2. The largest absolute Gasteiger partial charge is 0.391 e. The first-order chi connectivity index (χ1) is 16.3. The number of hydrogen-bond donors (Lipinski definition) is 3. The van der Waals surface area contributed by atoms with E-state index in [-0.39, 0.29) is 17.9 Å². The molecule has 34 heavy (non-hydrogen) atoms.